The van der Waals surface area contributed by atoms with Gasteiger partial charge in [-0.2, -0.15) is 0 Å². The number of hydrogen-bond donors (Lipinski definition) is 2. The van der Waals surface area contributed by atoms with Crippen molar-refractivity contribution in [2.75, 3.05) is 7.05 Å². The zero-order valence-electron chi connectivity index (χ0n) is 14.6. The molecule has 6 nitrogen and oxygen atoms in total. The van der Waals surface area contributed by atoms with Crippen LogP contribution in [0.2, 0.25) is 5.02 Å². The van der Waals surface area contributed by atoms with Crippen molar-refractivity contribution in [2.45, 2.75) is 56.8 Å². The normalized spacial score (nSPS) is 11.4. The average Bonchev–Trinajstić information content (AvgIpc) is 2.56. The lowest BCUT2D eigenvalue weighted by Crippen LogP contribution is -2.21. The van der Waals surface area contributed by atoms with Gasteiger partial charge < -0.3 is 5.32 Å². The van der Waals surface area contributed by atoms with Crippen molar-refractivity contribution < 1.29 is 18.0 Å². The summed E-state index contributed by atoms with van der Waals surface area (Å²) >= 11 is 6.18. The maximum absolute atomic E-state index is 12.4. The summed E-state index contributed by atoms with van der Waals surface area (Å²) < 4.78 is 24.2. The first-order valence-electron chi connectivity index (χ1n) is 8.30. The van der Waals surface area contributed by atoms with Gasteiger partial charge in [-0.15, -0.1) is 0 Å². The predicted molar refractivity (Wildman–Crippen MR) is 98.3 cm³/mol. The number of benzene rings is 1. The van der Waals surface area contributed by atoms with E-state index in [-0.39, 0.29) is 34.2 Å². The number of carbonyl (C=O) groups excluding carboxylic acids is 2. The Kier molecular flexibility index (Phi) is 8.55. The molecule has 25 heavy (non-hydrogen) atoms. The zero-order chi connectivity index (χ0) is 19.0. The van der Waals surface area contributed by atoms with E-state index in [2.05, 4.69) is 12.2 Å². The lowest BCUT2D eigenvalue weighted by molar-refractivity contribution is -0.120. The minimum Gasteiger partial charge on any atom is -0.359 e. The molecule has 0 bridgehead atoms. The topological polar surface area (TPSA) is 106 Å². The zero-order valence-corrected chi connectivity index (χ0v) is 16.2. The minimum atomic E-state index is -4.12. The highest BCUT2D eigenvalue weighted by molar-refractivity contribution is 7.89. The van der Waals surface area contributed by atoms with E-state index in [1.54, 1.807) is 0 Å². The summed E-state index contributed by atoms with van der Waals surface area (Å²) in [5.41, 5.74) is 0.382. The van der Waals surface area contributed by atoms with Gasteiger partial charge in [0.15, 0.2) is 5.78 Å². The van der Waals surface area contributed by atoms with Crippen LogP contribution in [0, 0.1) is 0 Å². The molecule has 0 heterocycles. The Hall–Kier alpha value is -1.44. The molecule has 140 valence electrons. The third kappa shape index (κ3) is 6.41. The number of carbonyl (C=O) groups is 2. The molecular formula is C17H25ClN2O4S. The smallest absolute Gasteiger partial charge is 0.239 e. The Bertz CT molecular complexity index is 732. The summed E-state index contributed by atoms with van der Waals surface area (Å²) in [5.74, 6) is -0.738. The van der Waals surface area contributed by atoms with Crippen LogP contribution in [0.4, 0.5) is 0 Å². The number of halogens is 1. The molecule has 0 saturated heterocycles. The van der Waals surface area contributed by atoms with E-state index in [1.807, 2.05) is 0 Å². The van der Waals surface area contributed by atoms with Crippen LogP contribution in [-0.4, -0.2) is 27.2 Å². The molecule has 0 spiro atoms. The van der Waals surface area contributed by atoms with E-state index in [4.69, 9.17) is 16.7 Å². The van der Waals surface area contributed by atoms with Crippen molar-refractivity contribution in [3.8, 4) is 0 Å². The van der Waals surface area contributed by atoms with Gasteiger partial charge in [-0.25, -0.2) is 13.6 Å². The van der Waals surface area contributed by atoms with Crippen molar-refractivity contribution in [3.05, 3.63) is 28.3 Å². The Morgan fingerprint density at radius 2 is 1.84 bits per heavy atom. The molecule has 0 unspecified atom stereocenters. The number of ketones is 1. The molecule has 1 amide bonds. The Balaban J connectivity index is 3.20. The summed E-state index contributed by atoms with van der Waals surface area (Å²) in [6, 6.07) is 2.88. The molecular weight excluding hydrogens is 364 g/mol. The van der Waals surface area contributed by atoms with Crippen LogP contribution in [0.15, 0.2) is 17.0 Å². The van der Waals surface area contributed by atoms with Crippen molar-refractivity contribution in [1.29, 1.82) is 0 Å². The summed E-state index contributed by atoms with van der Waals surface area (Å²) in [4.78, 5) is 23.5. The fourth-order valence-electron chi connectivity index (χ4n) is 2.60. The molecule has 0 aliphatic heterocycles. The van der Waals surface area contributed by atoms with Gasteiger partial charge in [-0.1, -0.05) is 37.8 Å². The first-order chi connectivity index (χ1) is 11.7. The van der Waals surface area contributed by atoms with Gasteiger partial charge in [0.2, 0.25) is 15.9 Å². The molecule has 3 N–H and O–H groups in total. The van der Waals surface area contributed by atoms with E-state index in [0.29, 0.717) is 12.0 Å². The summed E-state index contributed by atoms with van der Waals surface area (Å²) in [6.07, 6.45) is 4.09. The highest BCUT2D eigenvalue weighted by Gasteiger charge is 2.25. The largest absolute Gasteiger partial charge is 0.359 e. The summed E-state index contributed by atoms with van der Waals surface area (Å²) in [6.45, 7) is 2.08. The molecule has 0 aliphatic carbocycles. The summed E-state index contributed by atoms with van der Waals surface area (Å²) in [5, 5.41) is 8.06. The molecule has 0 atom stereocenters. The van der Waals surface area contributed by atoms with Crippen LogP contribution in [0.25, 0.3) is 0 Å². The number of unbranched alkanes of at least 4 members (excludes halogenated alkanes) is 3. The van der Waals surface area contributed by atoms with Crippen LogP contribution in [0.3, 0.4) is 0 Å². The van der Waals surface area contributed by atoms with Crippen molar-refractivity contribution >= 4 is 33.3 Å². The molecule has 8 heteroatoms. The van der Waals surface area contributed by atoms with E-state index in [1.165, 1.54) is 19.2 Å². The maximum atomic E-state index is 12.4. The number of nitrogens with two attached hydrogens (primary N) is 1. The second kappa shape index (κ2) is 9.89. The van der Waals surface area contributed by atoms with Crippen LogP contribution >= 0.6 is 11.6 Å². The number of sulfonamides is 1. The Morgan fingerprint density at radius 3 is 2.40 bits per heavy atom. The number of hydrogen-bond acceptors (Lipinski definition) is 4. The van der Waals surface area contributed by atoms with E-state index in [9.17, 15) is 18.0 Å². The molecule has 1 aromatic carbocycles. The third-order valence-corrected chi connectivity index (χ3v) is 5.32. The number of rotatable bonds is 10. The average molecular weight is 389 g/mol. The van der Waals surface area contributed by atoms with E-state index < -0.39 is 15.8 Å². The van der Waals surface area contributed by atoms with Gasteiger partial charge in [0.1, 0.15) is 0 Å². The predicted octanol–water partition coefficient (Wildman–Crippen LogP) is 2.82. The summed E-state index contributed by atoms with van der Waals surface area (Å²) in [7, 11) is -2.65. The second-order valence-corrected chi connectivity index (χ2v) is 7.76. The number of Topliss-reactive ketones (excluding diaryl/α,β-unsaturated/α-hetero) is 1. The number of primary sulfonamides is 1. The maximum Gasteiger partial charge on any atom is 0.239 e. The first kappa shape index (κ1) is 21.6. The van der Waals surface area contributed by atoms with Gasteiger partial charge >= 0.3 is 0 Å². The van der Waals surface area contributed by atoms with E-state index in [0.717, 1.165) is 25.7 Å². The molecule has 0 fully saturated rings. The SMILES string of the molecule is CCCCCCc1c(Cl)ccc(C(=O)CCC(=O)NC)c1S(N)(=O)=O. The van der Waals surface area contributed by atoms with Crippen LogP contribution < -0.4 is 10.5 Å². The number of nitrogens with one attached hydrogen (secondary N) is 1. The van der Waals surface area contributed by atoms with Gasteiger partial charge in [0.25, 0.3) is 0 Å². The van der Waals surface area contributed by atoms with Crippen LogP contribution in [0.1, 0.15) is 61.4 Å². The highest BCUT2D eigenvalue weighted by Crippen LogP contribution is 2.30. The molecule has 1 aromatic rings. The van der Waals surface area contributed by atoms with Gasteiger partial charge in [0, 0.05) is 30.5 Å². The van der Waals surface area contributed by atoms with Crippen molar-refractivity contribution in [3.63, 3.8) is 0 Å². The second-order valence-electron chi connectivity index (χ2n) is 5.85. The Morgan fingerprint density at radius 1 is 1.16 bits per heavy atom. The van der Waals surface area contributed by atoms with Crippen LogP contribution in [-0.2, 0) is 21.2 Å². The molecule has 0 aromatic heterocycles. The molecule has 0 aliphatic rings. The molecule has 1 rings (SSSR count). The van der Waals surface area contributed by atoms with Crippen molar-refractivity contribution in [1.82, 2.24) is 5.32 Å². The fraction of sp³-hybridized carbons (Fsp3) is 0.529. The standard InChI is InChI=1S/C17H25ClN2O4S/c1-3-4-5-6-7-12-14(18)9-8-13(17(12)25(19,23)24)15(21)10-11-16(22)20-2/h8-9H,3-7,10-11H2,1-2H3,(H,20,22)(H2,19,23,24). The first-order valence-corrected chi connectivity index (χ1v) is 10.2. The van der Waals surface area contributed by atoms with Gasteiger partial charge in [-0.3, -0.25) is 9.59 Å². The van der Waals surface area contributed by atoms with E-state index >= 15 is 0 Å². The lowest BCUT2D eigenvalue weighted by Gasteiger charge is -2.14. The monoisotopic (exact) mass is 388 g/mol. The number of amides is 1. The molecule has 0 saturated carbocycles. The fourth-order valence-corrected chi connectivity index (χ4v) is 3.95. The Labute approximate surface area is 154 Å². The quantitative estimate of drug-likeness (QED) is 0.474. The van der Waals surface area contributed by atoms with Crippen LogP contribution in [0.5, 0.6) is 0 Å². The van der Waals surface area contributed by atoms with Gasteiger partial charge in [0.05, 0.1) is 4.90 Å². The highest BCUT2D eigenvalue weighted by atomic mass is 35.5. The lowest BCUT2D eigenvalue weighted by atomic mass is 10.00. The minimum absolute atomic E-state index is 0.00120. The van der Waals surface area contributed by atoms with Gasteiger partial charge in [-0.05, 0) is 30.5 Å². The molecule has 0 radical (unpaired) electrons. The third-order valence-electron chi connectivity index (χ3n) is 3.93. The van der Waals surface area contributed by atoms with Crippen molar-refractivity contribution in [2.24, 2.45) is 5.14 Å².